The molecular formula is C16H33N3O3. The van der Waals surface area contributed by atoms with E-state index >= 15 is 0 Å². The molecule has 0 heterocycles. The lowest BCUT2D eigenvalue weighted by atomic mass is 10.0. The first-order valence-corrected chi connectivity index (χ1v) is 7.82. The van der Waals surface area contributed by atoms with E-state index in [-0.39, 0.29) is 17.4 Å². The Morgan fingerprint density at radius 3 is 2.05 bits per heavy atom. The predicted molar refractivity (Wildman–Crippen MR) is 88.8 cm³/mol. The van der Waals surface area contributed by atoms with Crippen LogP contribution in [0.25, 0.3) is 0 Å². The normalized spacial score (nSPS) is 13.7. The number of hydrogen-bond donors (Lipinski definition) is 3. The van der Waals surface area contributed by atoms with Crippen molar-refractivity contribution in [2.24, 2.45) is 5.92 Å². The van der Waals surface area contributed by atoms with Gasteiger partial charge in [0.2, 0.25) is 5.91 Å². The fraction of sp³-hybridized carbons (Fsp3) is 0.875. The minimum absolute atomic E-state index is 0.192. The summed E-state index contributed by atoms with van der Waals surface area (Å²) < 4.78 is 5.22. The minimum Gasteiger partial charge on any atom is -0.444 e. The molecular weight excluding hydrogens is 282 g/mol. The SMILES string of the molecule is CNC(C)(C)CNC(=O)[C@H](CC(C)C)NC(=O)OC(C)(C)C. The molecule has 0 spiro atoms. The zero-order valence-electron chi connectivity index (χ0n) is 15.3. The molecule has 0 aliphatic rings. The van der Waals surface area contributed by atoms with E-state index in [1.54, 1.807) is 20.8 Å². The molecule has 0 aromatic heterocycles. The van der Waals surface area contributed by atoms with Crippen molar-refractivity contribution in [2.75, 3.05) is 13.6 Å². The standard InChI is InChI=1S/C16H33N3O3/c1-11(2)9-12(19-14(21)22-15(3,4)5)13(20)18-10-16(6,7)17-8/h11-12,17H,9-10H2,1-8H3,(H,18,20)(H,19,21)/t12-/m0/s1. The van der Waals surface area contributed by atoms with E-state index < -0.39 is 17.7 Å². The Kier molecular flexibility index (Phi) is 7.87. The third kappa shape index (κ3) is 9.60. The lowest BCUT2D eigenvalue weighted by Gasteiger charge is -2.27. The highest BCUT2D eigenvalue weighted by molar-refractivity contribution is 5.85. The summed E-state index contributed by atoms with van der Waals surface area (Å²) in [6.07, 6.45) is -0.00778. The van der Waals surface area contributed by atoms with E-state index in [1.807, 2.05) is 34.7 Å². The van der Waals surface area contributed by atoms with E-state index in [1.165, 1.54) is 0 Å². The van der Waals surface area contributed by atoms with Gasteiger partial charge in [-0.15, -0.1) is 0 Å². The average molecular weight is 315 g/mol. The van der Waals surface area contributed by atoms with E-state index in [0.29, 0.717) is 13.0 Å². The highest BCUT2D eigenvalue weighted by Crippen LogP contribution is 2.10. The van der Waals surface area contributed by atoms with Gasteiger partial charge in [0, 0.05) is 12.1 Å². The third-order valence-electron chi connectivity index (χ3n) is 3.10. The molecule has 0 radical (unpaired) electrons. The highest BCUT2D eigenvalue weighted by Gasteiger charge is 2.26. The Balaban J connectivity index is 4.69. The molecule has 0 aromatic carbocycles. The van der Waals surface area contributed by atoms with Crippen molar-refractivity contribution in [1.82, 2.24) is 16.0 Å². The molecule has 0 fully saturated rings. The molecule has 0 saturated heterocycles. The maximum absolute atomic E-state index is 12.3. The summed E-state index contributed by atoms with van der Waals surface area (Å²) in [5.74, 6) is 0.0888. The summed E-state index contributed by atoms with van der Waals surface area (Å²) >= 11 is 0. The number of hydrogen-bond acceptors (Lipinski definition) is 4. The summed E-state index contributed by atoms with van der Waals surface area (Å²) in [6.45, 7) is 13.9. The first kappa shape index (κ1) is 20.7. The van der Waals surface area contributed by atoms with Crippen LogP contribution < -0.4 is 16.0 Å². The summed E-state index contributed by atoms with van der Waals surface area (Å²) in [5.41, 5.74) is -0.791. The largest absolute Gasteiger partial charge is 0.444 e. The van der Waals surface area contributed by atoms with Gasteiger partial charge in [-0.1, -0.05) is 13.8 Å². The lowest BCUT2D eigenvalue weighted by molar-refractivity contribution is -0.123. The number of likely N-dealkylation sites (N-methyl/N-ethyl adjacent to an activating group) is 1. The molecule has 6 nitrogen and oxygen atoms in total. The number of alkyl carbamates (subject to hydrolysis) is 1. The molecule has 0 aliphatic carbocycles. The number of rotatable bonds is 7. The van der Waals surface area contributed by atoms with Crippen LogP contribution >= 0.6 is 0 Å². The van der Waals surface area contributed by atoms with Gasteiger partial charge in [0.05, 0.1) is 0 Å². The van der Waals surface area contributed by atoms with Crippen molar-refractivity contribution in [3.05, 3.63) is 0 Å². The van der Waals surface area contributed by atoms with Crippen molar-refractivity contribution >= 4 is 12.0 Å². The fourth-order valence-corrected chi connectivity index (χ4v) is 1.67. The van der Waals surface area contributed by atoms with Crippen LogP contribution in [0.3, 0.4) is 0 Å². The first-order valence-electron chi connectivity index (χ1n) is 7.82. The second kappa shape index (κ2) is 8.36. The van der Waals surface area contributed by atoms with Crippen molar-refractivity contribution in [2.45, 2.75) is 72.1 Å². The Labute approximate surface area is 134 Å². The summed E-state index contributed by atoms with van der Waals surface area (Å²) in [7, 11) is 1.84. The number of amides is 2. The second-order valence-electron chi connectivity index (χ2n) is 7.68. The maximum Gasteiger partial charge on any atom is 0.408 e. The molecule has 6 heteroatoms. The zero-order valence-corrected chi connectivity index (χ0v) is 15.3. The Morgan fingerprint density at radius 1 is 1.09 bits per heavy atom. The Bertz CT molecular complexity index is 373. The van der Waals surface area contributed by atoms with E-state index in [0.717, 1.165) is 0 Å². The van der Waals surface area contributed by atoms with Crippen LogP contribution in [0.4, 0.5) is 4.79 Å². The number of ether oxygens (including phenoxy) is 1. The number of carbonyl (C=O) groups excluding carboxylic acids is 2. The molecule has 3 N–H and O–H groups in total. The summed E-state index contributed by atoms with van der Waals surface area (Å²) in [5, 5.41) is 8.66. The van der Waals surface area contributed by atoms with Crippen molar-refractivity contribution in [1.29, 1.82) is 0 Å². The van der Waals surface area contributed by atoms with Crippen LogP contribution in [-0.2, 0) is 9.53 Å². The first-order chi connectivity index (χ1) is 9.86. The van der Waals surface area contributed by atoms with Crippen LogP contribution in [0.5, 0.6) is 0 Å². The highest BCUT2D eigenvalue weighted by atomic mass is 16.6. The molecule has 0 rings (SSSR count). The maximum atomic E-state index is 12.3. The van der Waals surface area contributed by atoms with Crippen LogP contribution in [0, 0.1) is 5.92 Å². The van der Waals surface area contributed by atoms with Gasteiger partial charge in [-0.3, -0.25) is 4.79 Å². The molecule has 1 atom stereocenters. The van der Waals surface area contributed by atoms with Gasteiger partial charge in [-0.25, -0.2) is 4.79 Å². The van der Waals surface area contributed by atoms with Crippen molar-refractivity contribution in [3.63, 3.8) is 0 Å². The third-order valence-corrected chi connectivity index (χ3v) is 3.10. The molecule has 0 aromatic rings. The van der Waals surface area contributed by atoms with E-state index in [9.17, 15) is 9.59 Å². The Hall–Kier alpha value is -1.30. The summed E-state index contributed by atoms with van der Waals surface area (Å²) in [6, 6.07) is -0.595. The predicted octanol–water partition coefficient (Wildman–Crippen LogP) is 2.04. The van der Waals surface area contributed by atoms with Gasteiger partial charge in [0.25, 0.3) is 0 Å². The van der Waals surface area contributed by atoms with Crippen LogP contribution in [0.1, 0.15) is 54.9 Å². The van der Waals surface area contributed by atoms with Gasteiger partial charge in [-0.05, 0) is 54.0 Å². The zero-order chi connectivity index (χ0) is 17.6. The van der Waals surface area contributed by atoms with E-state index in [2.05, 4.69) is 16.0 Å². The molecule has 130 valence electrons. The van der Waals surface area contributed by atoms with Gasteiger partial charge in [-0.2, -0.15) is 0 Å². The molecule has 0 saturated carbocycles. The summed E-state index contributed by atoms with van der Waals surface area (Å²) in [4.78, 5) is 24.2. The van der Waals surface area contributed by atoms with Gasteiger partial charge < -0.3 is 20.7 Å². The Morgan fingerprint density at radius 2 is 1.64 bits per heavy atom. The second-order valence-corrected chi connectivity index (χ2v) is 7.68. The molecule has 22 heavy (non-hydrogen) atoms. The monoisotopic (exact) mass is 315 g/mol. The number of nitrogens with one attached hydrogen (secondary N) is 3. The minimum atomic E-state index is -0.595. The van der Waals surface area contributed by atoms with Gasteiger partial charge >= 0.3 is 6.09 Å². The van der Waals surface area contributed by atoms with Crippen molar-refractivity contribution in [3.8, 4) is 0 Å². The fourth-order valence-electron chi connectivity index (χ4n) is 1.67. The molecule has 0 aliphatic heterocycles. The van der Waals surface area contributed by atoms with Crippen LogP contribution in [-0.4, -0.2) is 42.8 Å². The average Bonchev–Trinajstić information content (AvgIpc) is 2.32. The van der Waals surface area contributed by atoms with Crippen LogP contribution in [0.2, 0.25) is 0 Å². The van der Waals surface area contributed by atoms with E-state index in [4.69, 9.17) is 4.74 Å². The van der Waals surface area contributed by atoms with Crippen molar-refractivity contribution < 1.29 is 14.3 Å². The quantitative estimate of drug-likeness (QED) is 0.672. The van der Waals surface area contributed by atoms with Gasteiger partial charge in [0.15, 0.2) is 0 Å². The van der Waals surface area contributed by atoms with Crippen LogP contribution in [0.15, 0.2) is 0 Å². The van der Waals surface area contributed by atoms with Gasteiger partial charge in [0.1, 0.15) is 11.6 Å². The number of carbonyl (C=O) groups is 2. The molecule has 0 unspecified atom stereocenters. The smallest absolute Gasteiger partial charge is 0.408 e. The molecule has 2 amide bonds. The topological polar surface area (TPSA) is 79.5 Å². The lowest BCUT2D eigenvalue weighted by Crippen LogP contribution is -2.53. The molecule has 0 bridgehead atoms.